The molecular weight excluding hydrogens is 298 g/mol. The molecule has 0 saturated heterocycles. The third-order valence-corrected chi connectivity index (χ3v) is 2.53. The Morgan fingerprint density at radius 3 is 2.77 bits per heavy atom. The molecule has 0 radical (unpaired) electrons. The van der Waals surface area contributed by atoms with Gasteiger partial charge in [-0.1, -0.05) is 15.9 Å². The number of rotatable bonds is 2. The van der Waals surface area contributed by atoms with Crippen LogP contribution in [0.4, 0.5) is 0 Å². The highest BCUT2D eigenvalue weighted by atomic mass is 79.9. The summed E-state index contributed by atoms with van der Waals surface area (Å²) in [6.07, 6.45) is 1.66. The molecule has 0 saturated carbocycles. The number of aromatic hydroxyl groups is 1. The fraction of sp³-hybridized carbons (Fsp3) is 0.222. The maximum Gasteiger partial charge on any atom is 0.138 e. The van der Waals surface area contributed by atoms with Gasteiger partial charge in [0, 0.05) is 22.8 Å². The van der Waals surface area contributed by atoms with E-state index in [1.807, 2.05) is 13.0 Å². The molecule has 13 heavy (non-hydrogen) atoms. The van der Waals surface area contributed by atoms with E-state index in [0.717, 1.165) is 4.47 Å². The van der Waals surface area contributed by atoms with Crippen LogP contribution in [0.5, 0.6) is 5.75 Å². The molecule has 0 aliphatic heterocycles. The molecule has 0 bridgehead atoms. The Morgan fingerprint density at radius 1 is 1.46 bits per heavy atom. The molecular formula is C9H9Br2NO. The largest absolute Gasteiger partial charge is 0.506 e. The number of phenolic OH excluding ortho intramolecular Hbond substituents is 1. The van der Waals surface area contributed by atoms with Crippen LogP contribution in [0.2, 0.25) is 0 Å². The van der Waals surface area contributed by atoms with Gasteiger partial charge >= 0.3 is 0 Å². The zero-order chi connectivity index (χ0) is 9.84. The van der Waals surface area contributed by atoms with Crippen molar-refractivity contribution >= 4 is 38.1 Å². The fourth-order valence-electron chi connectivity index (χ4n) is 0.874. The number of halogens is 2. The average molecular weight is 307 g/mol. The zero-order valence-electron chi connectivity index (χ0n) is 7.09. The molecule has 1 rings (SSSR count). The Bertz CT molecular complexity index is 337. The first-order valence-corrected chi connectivity index (χ1v) is 5.41. The number of benzene rings is 1. The number of hydrogen-bond donors (Lipinski definition) is 1. The normalized spacial score (nSPS) is 11.0. The number of aliphatic imine (C=N–C) groups is 1. The van der Waals surface area contributed by atoms with Crippen molar-refractivity contribution in [1.29, 1.82) is 0 Å². The van der Waals surface area contributed by atoms with Crippen molar-refractivity contribution in [3.63, 3.8) is 0 Å². The first-order valence-electron chi connectivity index (χ1n) is 3.83. The van der Waals surface area contributed by atoms with E-state index < -0.39 is 0 Å². The minimum atomic E-state index is 0.223. The van der Waals surface area contributed by atoms with Gasteiger partial charge in [0.1, 0.15) is 5.75 Å². The van der Waals surface area contributed by atoms with E-state index in [1.54, 1.807) is 12.3 Å². The molecule has 1 aromatic carbocycles. The molecule has 0 heterocycles. The number of phenols is 1. The lowest BCUT2D eigenvalue weighted by Crippen LogP contribution is -1.85. The van der Waals surface area contributed by atoms with E-state index in [1.165, 1.54) is 0 Å². The van der Waals surface area contributed by atoms with E-state index in [9.17, 15) is 5.11 Å². The molecule has 0 aliphatic rings. The van der Waals surface area contributed by atoms with Crippen molar-refractivity contribution in [2.45, 2.75) is 6.92 Å². The highest BCUT2D eigenvalue weighted by molar-refractivity contribution is 9.11. The van der Waals surface area contributed by atoms with Crippen LogP contribution in [0.25, 0.3) is 0 Å². The summed E-state index contributed by atoms with van der Waals surface area (Å²) in [7, 11) is 0. The monoisotopic (exact) mass is 305 g/mol. The summed E-state index contributed by atoms with van der Waals surface area (Å²) in [5.74, 6) is 0.223. The van der Waals surface area contributed by atoms with Gasteiger partial charge in [-0.2, -0.15) is 0 Å². The van der Waals surface area contributed by atoms with Crippen LogP contribution in [0.15, 0.2) is 26.1 Å². The molecule has 0 aromatic heterocycles. The summed E-state index contributed by atoms with van der Waals surface area (Å²) in [5.41, 5.74) is 0.711. The predicted molar refractivity (Wildman–Crippen MR) is 61.6 cm³/mol. The summed E-state index contributed by atoms with van der Waals surface area (Å²) >= 11 is 6.58. The van der Waals surface area contributed by atoms with Gasteiger partial charge in [-0.15, -0.1) is 0 Å². The molecule has 4 heteroatoms. The van der Waals surface area contributed by atoms with E-state index in [4.69, 9.17) is 0 Å². The molecule has 70 valence electrons. The molecule has 0 unspecified atom stereocenters. The standard InChI is InChI=1S/C9H9Br2NO/c1-2-12-5-6-3-7(10)4-8(11)9(6)13/h3-5,13H,2H2,1H3. The Kier molecular flexibility index (Phi) is 3.93. The molecule has 0 atom stereocenters. The lowest BCUT2D eigenvalue weighted by molar-refractivity contribution is 0.471. The van der Waals surface area contributed by atoms with Crippen molar-refractivity contribution in [3.8, 4) is 5.75 Å². The molecule has 2 nitrogen and oxygen atoms in total. The highest BCUT2D eigenvalue weighted by Gasteiger charge is 2.04. The second kappa shape index (κ2) is 4.77. The van der Waals surface area contributed by atoms with Crippen LogP contribution in [-0.4, -0.2) is 17.9 Å². The van der Waals surface area contributed by atoms with E-state index in [0.29, 0.717) is 16.6 Å². The maximum absolute atomic E-state index is 9.59. The summed E-state index contributed by atoms with van der Waals surface area (Å²) in [6, 6.07) is 3.61. The van der Waals surface area contributed by atoms with Gasteiger partial charge in [0.2, 0.25) is 0 Å². The Balaban J connectivity index is 3.12. The van der Waals surface area contributed by atoms with Crippen molar-refractivity contribution in [1.82, 2.24) is 0 Å². The quantitative estimate of drug-likeness (QED) is 0.835. The first kappa shape index (κ1) is 10.7. The van der Waals surface area contributed by atoms with Gasteiger partial charge in [-0.3, -0.25) is 4.99 Å². The molecule has 0 aliphatic carbocycles. The SMILES string of the molecule is CCN=Cc1cc(Br)cc(Br)c1O. The summed E-state index contributed by atoms with van der Waals surface area (Å²) < 4.78 is 1.58. The van der Waals surface area contributed by atoms with E-state index in [2.05, 4.69) is 36.9 Å². The van der Waals surface area contributed by atoms with E-state index >= 15 is 0 Å². The van der Waals surface area contributed by atoms with Crippen LogP contribution in [0, 0.1) is 0 Å². The number of hydrogen-bond acceptors (Lipinski definition) is 2. The lowest BCUT2D eigenvalue weighted by atomic mass is 10.2. The van der Waals surface area contributed by atoms with Crippen LogP contribution in [0.3, 0.4) is 0 Å². The van der Waals surface area contributed by atoms with Gasteiger partial charge in [0.15, 0.2) is 0 Å². The third kappa shape index (κ3) is 2.81. The summed E-state index contributed by atoms with van der Waals surface area (Å²) in [4.78, 5) is 4.06. The summed E-state index contributed by atoms with van der Waals surface area (Å²) in [5, 5.41) is 9.59. The van der Waals surface area contributed by atoms with Crippen molar-refractivity contribution in [3.05, 3.63) is 26.6 Å². The third-order valence-electron chi connectivity index (χ3n) is 1.47. The second-order valence-electron chi connectivity index (χ2n) is 2.45. The molecule has 1 N–H and O–H groups in total. The molecule has 0 fully saturated rings. The Labute approximate surface area is 94.0 Å². The first-order chi connectivity index (χ1) is 6.15. The smallest absolute Gasteiger partial charge is 0.138 e. The van der Waals surface area contributed by atoms with Crippen LogP contribution in [0.1, 0.15) is 12.5 Å². The summed E-state index contributed by atoms with van der Waals surface area (Å²) in [6.45, 7) is 2.66. The van der Waals surface area contributed by atoms with Gasteiger partial charge in [0.25, 0.3) is 0 Å². The second-order valence-corrected chi connectivity index (χ2v) is 4.22. The zero-order valence-corrected chi connectivity index (χ0v) is 10.3. The molecule has 0 spiro atoms. The van der Waals surface area contributed by atoms with Gasteiger partial charge < -0.3 is 5.11 Å². The average Bonchev–Trinajstić information content (AvgIpc) is 2.09. The molecule has 1 aromatic rings. The topological polar surface area (TPSA) is 32.6 Å². The van der Waals surface area contributed by atoms with Crippen LogP contribution in [-0.2, 0) is 0 Å². The van der Waals surface area contributed by atoms with Crippen molar-refractivity contribution < 1.29 is 5.11 Å². The fourth-order valence-corrected chi connectivity index (χ4v) is 2.13. The van der Waals surface area contributed by atoms with E-state index in [-0.39, 0.29) is 5.75 Å². The minimum absolute atomic E-state index is 0.223. The van der Waals surface area contributed by atoms with Crippen molar-refractivity contribution in [2.24, 2.45) is 4.99 Å². The van der Waals surface area contributed by atoms with Gasteiger partial charge in [-0.05, 0) is 35.0 Å². The predicted octanol–water partition coefficient (Wildman–Crippen LogP) is 3.36. The minimum Gasteiger partial charge on any atom is -0.506 e. The molecule has 0 amide bonds. The Hall–Kier alpha value is -0.350. The van der Waals surface area contributed by atoms with Crippen LogP contribution < -0.4 is 0 Å². The van der Waals surface area contributed by atoms with Gasteiger partial charge in [0.05, 0.1) is 4.47 Å². The lowest BCUT2D eigenvalue weighted by Gasteiger charge is -2.02. The van der Waals surface area contributed by atoms with Crippen LogP contribution >= 0.6 is 31.9 Å². The van der Waals surface area contributed by atoms with Crippen molar-refractivity contribution in [2.75, 3.05) is 6.54 Å². The van der Waals surface area contributed by atoms with Gasteiger partial charge in [-0.25, -0.2) is 0 Å². The highest BCUT2D eigenvalue weighted by Crippen LogP contribution is 2.30. The number of nitrogens with zero attached hydrogens (tertiary/aromatic N) is 1. The maximum atomic E-state index is 9.59. The Morgan fingerprint density at radius 2 is 2.15 bits per heavy atom.